The lowest BCUT2D eigenvalue weighted by molar-refractivity contribution is -0.00348. The predicted octanol–water partition coefficient (Wildman–Crippen LogP) is 3.01. The average Bonchev–Trinajstić information content (AvgIpc) is 2.29. The van der Waals surface area contributed by atoms with Crippen molar-refractivity contribution < 1.29 is 13.9 Å². The van der Waals surface area contributed by atoms with Gasteiger partial charge in [0.05, 0.1) is 0 Å². The van der Waals surface area contributed by atoms with Gasteiger partial charge in [0.2, 0.25) is 0 Å². The van der Waals surface area contributed by atoms with Gasteiger partial charge in [-0.15, -0.1) is 0 Å². The average molecular weight is 222 g/mol. The summed E-state index contributed by atoms with van der Waals surface area (Å²) in [4.78, 5) is 0. The van der Waals surface area contributed by atoms with Gasteiger partial charge < -0.3 is 5.11 Å². The maximum atomic E-state index is 12.3. The van der Waals surface area contributed by atoms with Crippen molar-refractivity contribution in [2.45, 2.75) is 19.0 Å². The van der Waals surface area contributed by atoms with Crippen molar-refractivity contribution in [3.05, 3.63) is 48.0 Å². The Morgan fingerprint density at radius 1 is 1.00 bits per heavy atom. The molecule has 0 fully saturated rings. The number of hydrogen-bond donors (Lipinski definition) is 1. The van der Waals surface area contributed by atoms with Crippen LogP contribution in [0.2, 0.25) is 0 Å². The number of aliphatic hydroxyl groups excluding tert-OH is 1. The van der Waals surface area contributed by atoms with Gasteiger partial charge in [-0.05, 0) is 16.3 Å². The summed E-state index contributed by atoms with van der Waals surface area (Å²) in [6.07, 6.45) is -4.30. The van der Waals surface area contributed by atoms with Crippen LogP contribution in [0.1, 0.15) is 5.56 Å². The first kappa shape index (κ1) is 11.0. The summed E-state index contributed by atoms with van der Waals surface area (Å²) in [5, 5.41) is 11.1. The van der Waals surface area contributed by atoms with Gasteiger partial charge in [0, 0.05) is 6.42 Å². The molecule has 2 rings (SSSR count). The van der Waals surface area contributed by atoms with Gasteiger partial charge in [-0.3, -0.25) is 0 Å². The third kappa shape index (κ3) is 2.19. The molecule has 0 aliphatic carbocycles. The zero-order valence-electron chi connectivity index (χ0n) is 8.61. The van der Waals surface area contributed by atoms with Gasteiger partial charge in [-0.25, -0.2) is 8.78 Å². The maximum Gasteiger partial charge on any atom is 0.264 e. The highest BCUT2D eigenvalue weighted by Gasteiger charge is 2.17. The first-order valence-electron chi connectivity index (χ1n) is 5.11. The van der Waals surface area contributed by atoms with E-state index >= 15 is 0 Å². The van der Waals surface area contributed by atoms with Gasteiger partial charge in [0.1, 0.15) is 6.10 Å². The van der Waals surface area contributed by atoms with Crippen LogP contribution in [-0.4, -0.2) is 17.6 Å². The van der Waals surface area contributed by atoms with Crippen LogP contribution < -0.4 is 0 Å². The Hall–Kier alpha value is -1.48. The van der Waals surface area contributed by atoms with Gasteiger partial charge >= 0.3 is 0 Å². The molecule has 0 spiro atoms. The molecule has 0 aromatic heterocycles. The third-order valence-electron chi connectivity index (χ3n) is 2.60. The number of hydrogen-bond acceptors (Lipinski definition) is 1. The van der Waals surface area contributed by atoms with Crippen molar-refractivity contribution in [3.63, 3.8) is 0 Å². The van der Waals surface area contributed by atoms with Crippen molar-refractivity contribution in [1.82, 2.24) is 0 Å². The number of aliphatic hydroxyl groups is 1. The number of halogens is 2. The van der Waals surface area contributed by atoms with Crippen LogP contribution >= 0.6 is 0 Å². The minimum atomic E-state index is -2.70. The monoisotopic (exact) mass is 222 g/mol. The Morgan fingerprint density at radius 3 is 2.44 bits per heavy atom. The van der Waals surface area contributed by atoms with Gasteiger partial charge in [0.25, 0.3) is 6.43 Å². The molecule has 1 unspecified atom stereocenters. The fraction of sp³-hybridized carbons (Fsp3) is 0.231. The second-order valence-electron chi connectivity index (χ2n) is 3.74. The van der Waals surface area contributed by atoms with Crippen LogP contribution in [0.4, 0.5) is 8.78 Å². The Bertz CT molecular complexity index is 477. The molecule has 84 valence electrons. The molecule has 1 nitrogen and oxygen atoms in total. The summed E-state index contributed by atoms with van der Waals surface area (Å²) >= 11 is 0. The van der Waals surface area contributed by atoms with E-state index in [9.17, 15) is 13.9 Å². The van der Waals surface area contributed by atoms with Gasteiger partial charge in [-0.1, -0.05) is 42.5 Å². The molecule has 0 saturated carbocycles. The molecule has 1 atom stereocenters. The molecule has 0 aliphatic rings. The van der Waals surface area contributed by atoms with Crippen molar-refractivity contribution in [1.29, 1.82) is 0 Å². The molecule has 0 aliphatic heterocycles. The van der Waals surface area contributed by atoms with E-state index in [-0.39, 0.29) is 6.42 Å². The Labute approximate surface area is 92.3 Å². The Balaban J connectivity index is 2.37. The quantitative estimate of drug-likeness (QED) is 0.846. The molecular weight excluding hydrogens is 210 g/mol. The second kappa shape index (κ2) is 4.58. The number of alkyl halides is 2. The van der Waals surface area contributed by atoms with E-state index in [1.807, 2.05) is 36.4 Å². The summed E-state index contributed by atoms with van der Waals surface area (Å²) in [5.41, 5.74) is 0.755. The van der Waals surface area contributed by atoms with Crippen LogP contribution in [0.3, 0.4) is 0 Å². The molecule has 0 heterocycles. The minimum absolute atomic E-state index is 0.0149. The molecule has 0 amide bonds. The highest BCUT2D eigenvalue weighted by atomic mass is 19.3. The lowest BCUT2D eigenvalue weighted by Gasteiger charge is -2.11. The zero-order valence-corrected chi connectivity index (χ0v) is 8.61. The molecule has 0 radical (unpaired) electrons. The molecule has 3 heteroatoms. The van der Waals surface area contributed by atoms with Crippen molar-refractivity contribution >= 4 is 10.8 Å². The number of rotatable bonds is 3. The molecule has 2 aromatic rings. The molecule has 2 aromatic carbocycles. The summed E-state index contributed by atoms with van der Waals surface area (Å²) < 4.78 is 24.5. The van der Waals surface area contributed by atoms with Crippen LogP contribution in [0.25, 0.3) is 10.8 Å². The topological polar surface area (TPSA) is 20.2 Å². The van der Waals surface area contributed by atoms with Crippen molar-refractivity contribution in [2.75, 3.05) is 0 Å². The number of fused-ring (bicyclic) bond motifs is 1. The molecule has 1 N–H and O–H groups in total. The van der Waals surface area contributed by atoms with Crippen molar-refractivity contribution in [3.8, 4) is 0 Å². The first-order valence-corrected chi connectivity index (χ1v) is 5.11. The minimum Gasteiger partial charge on any atom is -0.387 e. The Morgan fingerprint density at radius 2 is 1.69 bits per heavy atom. The van der Waals surface area contributed by atoms with Crippen LogP contribution in [0.15, 0.2) is 42.5 Å². The first-order chi connectivity index (χ1) is 7.68. The smallest absolute Gasteiger partial charge is 0.264 e. The predicted molar refractivity (Wildman–Crippen MR) is 59.7 cm³/mol. The highest BCUT2D eigenvalue weighted by Crippen LogP contribution is 2.20. The summed E-state index contributed by atoms with van der Waals surface area (Å²) in [6, 6.07) is 13.1. The van der Waals surface area contributed by atoms with E-state index in [0.717, 1.165) is 16.3 Å². The Kier molecular flexibility index (Phi) is 3.15. The van der Waals surface area contributed by atoms with E-state index < -0.39 is 12.5 Å². The molecule has 16 heavy (non-hydrogen) atoms. The summed E-state index contributed by atoms with van der Waals surface area (Å²) in [5.74, 6) is 0. The van der Waals surface area contributed by atoms with Crippen LogP contribution in [0, 0.1) is 0 Å². The normalized spacial score (nSPS) is 13.2. The summed E-state index contributed by atoms with van der Waals surface area (Å²) in [7, 11) is 0. The molecular formula is C13H12F2O. The molecule has 0 bridgehead atoms. The lowest BCUT2D eigenvalue weighted by Crippen LogP contribution is -2.20. The standard InChI is InChI=1S/C13H12F2O/c14-13(15)12(16)8-10-6-3-5-9-4-1-2-7-11(9)10/h1-7,12-13,16H,8H2. The third-order valence-corrected chi connectivity index (χ3v) is 2.60. The lowest BCUT2D eigenvalue weighted by atomic mass is 10.00. The molecule has 0 saturated heterocycles. The largest absolute Gasteiger partial charge is 0.387 e. The second-order valence-corrected chi connectivity index (χ2v) is 3.74. The number of benzene rings is 2. The van der Waals surface area contributed by atoms with Crippen LogP contribution in [-0.2, 0) is 6.42 Å². The summed E-state index contributed by atoms with van der Waals surface area (Å²) in [6.45, 7) is 0. The van der Waals surface area contributed by atoms with E-state index in [1.165, 1.54) is 0 Å². The highest BCUT2D eigenvalue weighted by molar-refractivity contribution is 5.85. The van der Waals surface area contributed by atoms with E-state index in [4.69, 9.17) is 0 Å². The van der Waals surface area contributed by atoms with E-state index in [0.29, 0.717) is 0 Å². The maximum absolute atomic E-state index is 12.3. The van der Waals surface area contributed by atoms with Crippen molar-refractivity contribution in [2.24, 2.45) is 0 Å². The SMILES string of the molecule is OC(Cc1cccc2ccccc12)C(F)F. The fourth-order valence-corrected chi connectivity index (χ4v) is 1.78. The van der Waals surface area contributed by atoms with E-state index in [2.05, 4.69) is 0 Å². The van der Waals surface area contributed by atoms with Crippen LogP contribution in [0.5, 0.6) is 0 Å². The van der Waals surface area contributed by atoms with E-state index in [1.54, 1.807) is 6.07 Å². The fourth-order valence-electron chi connectivity index (χ4n) is 1.78. The zero-order chi connectivity index (χ0) is 11.5. The van der Waals surface area contributed by atoms with Gasteiger partial charge in [-0.2, -0.15) is 0 Å². The van der Waals surface area contributed by atoms with Gasteiger partial charge in [0.15, 0.2) is 0 Å².